The maximum Gasteiger partial charge on any atom is 0.203 e. The molecule has 1 atom stereocenters. The molecule has 6 aromatic rings. The first-order valence-electron chi connectivity index (χ1n) is 19.4. The molecule has 2 aliphatic rings. The van der Waals surface area contributed by atoms with E-state index in [1.807, 2.05) is 0 Å². The third kappa shape index (κ3) is 5.87. The zero-order valence-corrected chi connectivity index (χ0v) is 33.7. The Labute approximate surface area is 327 Å². The Kier molecular flexibility index (Phi) is 9.04. The summed E-state index contributed by atoms with van der Waals surface area (Å²) in [4.78, 5) is 0. The van der Waals surface area contributed by atoms with Gasteiger partial charge >= 0.3 is 0 Å². The molecular weight excluding hydrogens is 673 g/mol. The number of fused-ring (bicyclic) bond motifs is 4. The van der Waals surface area contributed by atoms with Crippen molar-refractivity contribution in [1.29, 1.82) is 0 Å². The van der Waals surface area contributed by atoms with Gasteiger partial charge in [0, 0.05) is 17.3 Å². The number of ether oxygens (including phenoxy) is 3. The van der Waals surface area contributed by atoms with E-state index in [1.54, 1.807) is 21.3 Å². The van der Waals surface area contributed by atoms with Crippen LogP contribution in [0.25, 0.3) is 28.3 Å². The van der Waals surface area contributed by atoms with Crippen LogP contribution in [0.2, 0.25) is 0 Å². The third-order valence-electron chi connectivity index (χ3n) is 12.1. The highest BCUT2D eigenvalue weighted by atomic mass is 16.5. The largest absolute Gasteiger partial charge is 0.493 e. The van der Waals surface area contributed by atoms with Gasteiger partial charge in [0.1, 0.15) is 0 Å². The van der Waals surface area contributed by atoms with Crippen LogP contribution in [-0.4, -0.2) is 21.3 Å². The molecule has 0 saturated carbocycles. The number of hydrogen-bond acceptors (Lipinski definition) is 3. The van der Waals surface area contributed by atoms with Gasteiger partial charge in [-0.1, -0.05) is 169 Å². The highest BCUT2D eigenvalue weighted by Crippen LogP contribution is 2.64. The van der Waals surface area contributed by atoms with Gasteiger partial charge in [0.25, 0.3) is 0 Å². The summed E-state index contributed by atoms with van der Waals surface area (Å²) >= 11 is 0. The monoisotopic (exact) mass is 724 g/mol. The van der Waals surface area contributed by atoms with E-state index in [4.69, 9.17) is 14.2 Å². The molecule has 6 aromatic carbocycles. The van der Waals surface area contributed by atoms with Gasteiger partial charge in [-0.05, 0) is 89.7 Å². The zero-order chi connectivity index (χ0) is 38.7. The van der Waals surface area contributed by atoms with Crippen LogP contribution in [0.1, 0.15) is 97.9 Å². The van der Waals surface area contributed by atoms with Crippen molar-refractivity contribution in [2.24, 2.45) is 0 Å². The third-order valence-corrected chi connectivity index (χ3v) is 12.1. The van der Waals surface area contributed by atoms with E-state index in [2.05, 4.69) is 181 Å². The molecule has 55 heavy (non-hydrogen) atoms. The Bertz CT molecular complexity index is 2280. The second kappa shape index (κ2) is 13.6. The van der Waals surface area contributed by atoms with Crippen molar-refractivity contribution < 1.29 is 14.2 Å². The molecular formula is C52H52O3. The van der Waals surface area contributed by atoms with Crippen LogP contribution in [0.5, 0.6) is 17.2 Å². The molecule has 0 saturated heterocycles. The predicted molar refractivity (Wildman–Crippen MR) is 228 cm³/mol. The van der Waals surface area contributed by atoms with E-state index in [0.717, 1.165) is 11.1 Å². The van der Waals surface area contributed by atoms with E-state index in [1.165, 1.54) is 55.6 Å². The maximum atomic E-state index is 5.83. The second-order valence-electron chi connectivity index (χ2n) is 17.2. The van der Waals surface area contributed by atoms with Gasteiger partial charge in [0.05, 0.1) is 21.3 Å². The fourth-order valence-electron chi connectivity index (χ4n) is 9.37. The fourth-order valence-corrected chi connectivity index (χ4v) is 9.37. The Morgan fingerprint density at radius 3 is 1.42 bits per heavy atom. The molecule has 3 heteroatoms. The Hall–Kier alpha value is -5.54. The summed E-state index contributed by atoms with van der Waals surface area (Å²) in [5, 5.41) is 0. The summed E-state index contributed by atoms with van der Waals surface area (Å²) in [5.74, 6) is 1.87. The SMILES string of the molecule is COc1cc(-c2cccc3c2C=CC3C(c2ccccc2)(c2ccccc2)C2c3cc(C(C)(C)C)ccc3-c3ccc(C(C)(C)C)cc32)cc(OC)c1OC. The van der Waals surface area contributed by atoms with Gasteiger partial charge in [-0.3, -0.25) is 0 Å². The predicted octanol–water partition coefficient (Wildman–Crippen LogP) is 12.9. The molecule has 0 fully saturated rings. The van der Waals surface area contributed by atoms with E-state index >= 15 is 0 Å². The number of rotatable bonds is 8. The molecule has 0 aliphatic heterocycles. The molecule has 3 nitrogen and oxygen atoms in total. The summed E-state index contributed by atoms with van der Waals surface area (Å²) in [6.07, 6.45) is 4.83. The van der Waals surface area contributed by atoms with Crippen molar-refractivity contribution in [3.63, 3.8) is 0 Å². The standard InChI is InChI=1S/C52H52O3/c1-50(2,3)36-23-25-40-41-26-24-37(51(4,5)6)32-44(41)48(43(40)31-36)52(34-17-12-10-13-18-34,35-19-14-11-15-20-35)45-28-27-39-38(21-16-22-42(39)45)33-29-46(53-7)49(55-9)47(30-33)54-8/h10-32,45,48H,1-9H3. The van der Waals surface area contributed by atoms with Crippen LogP contribution in [0.15, 0.2) is 133 Å². The number of methoxy groups -OCH3 is 3. The fraction of sp³-hybridized carbons (Fsp3) is 0.269. The van der Waals surface area contributed by atoms with Crippen LogP contribution in [0, 0.1) is 0 Å². The van der Waals surface area contributed by atoms with E-state index in [0.29, 0.717) is 17.2 Å². The average molecular weight is 725 g/mol. The quantitative estimate of drug-likeness (QED) is 0.156. The Morgan fingerprint density at radius 1 is 0.455 bits per heavy atom. The minimum absolute atomic E-state index is 0.00493. The van der Waals surface area contributed by atoms with Crippen molar-refractivity contribution in [3.05, 3.63) is 178 Å². The lowest BCUT2D eigenvalue weighted by molar-refractivity contribution is 0.324. The molecule has 8 rings (SSSR count). The summed E-state index contributed by atoms with van der Waals surface area (Å²) in [7, 11) is 5.00. The molecule has 0 bridgehead atoms. The minimum atomic E-state index is -0.523. The number of benzene rings is 6. The van der Waals surface area contributed by atoms with Gasteiger partial charge < -0.3 is 14.2 Å². The lowest BCUT2D eigenvalue weighted by Gasteiger charge is -2.46. The molecule has 0 N–H and O–H groups in total. The van der Waals surface area contributed by atoms with Gasteiger partial charge in [0.15, 0.2) is 11.5 Å². The van der Waals surface area contributed by atoms with Crippen molar-refractivity contribution in [2.45, 2.75) is 69.6 Å². The summed E-state index contributed by atoms with van der Waals surface area (Å²) in [5.41, 5.74) is 14.9. The first-order chi connectivity index (χ1) is 26.4. The van der Waals surface area contributed by atoms with Crippen molar-refractivity contribution in [2.75, 3.05) is 21.3 Å². The summed E-state index contributed by atoms with van der Waals surface area (Å²) in [6.45, 7) is 14.0. The van der Waals surface area contributed by atoms with Gasteiger partial charge in [0.2, 0.25) is 5.75 Å². The first kappa shape index (κ1) is 36.4. The van der Waals surface area contributed by atoms with E-state index < -0.39 is 5.41 Å². The number of hydrogen-bond donors (Lipinski definition) is 0. The summed E-state index contributed by atoms with van der Waals surface area (Å²) in [6, 6.07) is 48.0. The molecule has 0 spiro atoms. The molecule has 278 valence electrons. The molecule has 0 amide bonds. The smallest absolute Gasteiger partial charge is 0.203 e. The van der Waals surface area contributed by atoms with Crippen LogP contribution in [0.3, 0.4) is 0 Å². The van der Waals surface area contributed by atoms with Crippen LogP contribution in [-0.2, 0) is 16.2 Å². The van der Waals surface area contributed by atoms with Gasteiger partial charge in [-0.25, -0.2) is 0 Å². The molecule has 0 aromatic heterocycles. The van der Waals surface area contributed by atoms with Crippen LogP contribution >= 0.6 is 0 Å². The highest BCUT2D eigenvalue weighted by Gasteiger charge is 2.53. The molecule has 0 radical (unpaired) electrons. The van der Waals surface area contributed by atoms with Crippen molar-refractivity contribution >= 4 is 6.08 Å². The van der Waals surface area contributed by atoms with Crippen molar-refractivity contribution in [1.82, 2.24) is 0 Å². The topological polar surface area (TPSA) is 27.7 Å². The lowest BCUT2D eigenvalue weighted by Crippen LogP contribution is -2.40. The Morgan fingerprint density at radius 2 is 0.964 bits per heavy atom. The average Bonchev–Trinajstić information content (AvgIpc) is 3.77. The first-order valence-corrected chi connectivity index (χ1v) is 19.4. The van der Waals surface area contributed by atoms with E-state index in [-0.39, 0.29) is 22.7 Å². The van der Waals surface area contributed by atoms with Gasteiger partial charge in [-0.2, -0.15) is 0 Å². The van der Waals surface area contributed by atoms with Crippen LogP contribution in [0.4, 0.5) is 0 Å². The van der Waals surface area contributed by atoms with Gasteiger partial charge in [-0.15, -0.1) is 0 Å². The molecule has 1 unspecified atom stereocenters. The molecule has 0 heterocycles. The maximum absolute atomic E-state index is 5.83. The van der Waals surface area contributed by atoms with E-state index in [9.17, 15) is 0 Å². The lowest BCUT2D eigenvalue weighted by atomic mass is 9.55. The molecule has 2 aliphatic carbocycles. The second-order valence-corrected chi connectivity index (χ2v) is 17.2. The van der Waals surface area contributed by atoms with Crippen LogP contribution < -0.4 is 14.2 Å². The normalized spacial score (nSPS) is 15.0. The number of allylic oxidation sites excluding steroid dienone is 1. The highest BCUT2D eigenvalue weighted by molar-refractivity contribution is 5.86. The summed E-state index contributed by atoms with van der Waals surface area (Å²) < 4.78 is 17.4. The minimum Gasteiger partial charge on any atom is -0.493 e. The zero-order valence-electron chi connectivity index (χ0n) is 33.7. The van der Waals surface area contributed by atoms with Crippen molar-refractivity contribution in [3.8, 4) is 39.5 Å². The Balaban J connectivity index is 1.47.